The second kappa shape index (κ2) is 12.2. The van der Waals surface area contributed by atoms with E-state index in [9.17, 15) is 23.6 Å². The normalized spacial score (nSPS) is 13.0. The fourth-order valence-corrected chi connectivity index (χ4v) is 3.37. The third-order valence-corrected chi connectivity index (χ3v) is 4.92. The summed E-state index contributed by atoms with van der Waals surface area (Å²) in [5, 5.41) is 7.88. The minimum Gasteiger partial charge on any atom is -0.345 e. The molecule has 1 heterocycles. The lowest BCUT2D eigenvalue weighted by Gasteiger charge is -2.25. The van der Waals surface area contributed by atoms with Gasteiger partial charge in [-0.05, 0) is 44.7 Å². The highest BCUT2D eigenvalue weighted by Crippen LogP contribution is 2.10. The number of hydrogen-bond acceptors (Lipinski definition) is 5. The Balaban J connectivity index is 2.25. The summed E-state index contributed by atoms with van der Waals surface area (Å²) in [5.41, 5.74) is 0.0827. The average molecular weight is 485 g/mol. The second-order valence-electron chi connectivity index (χ2n) is 9.87. The number of carbonyl (C=O) groups is 4. The molecule has 0 fully saturated rings. The van der Waals surface area contributed by atoms with Gasteiger partial charge in [-0.1, -0.05) is 44.2 Å². The van der Waals surface area contributed by atoms with Crippen LogP contribution in [0.4, 0.5) is 4.39 Å². The fraction of sp³-hybridized carbons (Fsp3) is 0.423. The van der Waals surface area contributed by atoms with Gasteiger partial charge in [0, 0.05) is 18.2 Å². The third kappa shape index (κ3) is 9.27. The molecule has 0 aliphatic rings. The molecule has 0 spiro atoms. The van der Waals surface area contributed by atoms with Gasteiger partial charge in [-0.25, -0.2) is 4.39 Å². The van der Waals surface area contributed by atoms with Crippen molar-refractivity contribution in [2.24, 2.45) is 5.92 Å². The predicted molar refractivity (Wildman–Crippen MR) is 130 cm³/mol. The summed E-state index contributed by atoms with van der Waals surface area (Å²) >= 11 is 0. The van der Waals surface area contributed by atoms with E-state index < -0.39 is 46.9 Å². The molecule has 0 bridgehead atoms. The molecule has 0 aliphatic carbocycles. The van der Waals surface area contributed by atoms with Crippen molar-refractivity contribution in [2.45, 2.75) is 65.1 Å². The number of nitrogens with one attached hydrogen (secondary N) is 3. The van der Waals surface area contributed by atoms with Gasteiger partial charge in [0.1, 0.15) is 17.9 Å². The van der Waals surface area contributed by atoms with Crippen LogP contribution in [0.2, 0.25) is 0 Å². The van der Waals surface area contributed by atoms with Crippen molar-refractivity contribution in [3.05, 3.63) is 65.7 Å². The average Bonchev–Trinajstić information content (AvgIpc) is 2.76. The van der Waals surface area contributed by atoms with E-state index in [1.54, 1.807) is 45.0 Å². The van der Waals surface area contributed by atoms with Gasteiger partial charge >= 0.3 is 0 Å². The highest BCUT2D eigenvalue weighted by Gasteiger charge is 2.32. The molecule has 3 amide bonds. The van der Waals surface area contributed by atoms with Crippen LogP contribution in [-0.2, 0) is 20.8 Å². The molecular weight excluding hydrogens is 451 g/mol. The van der Waals surface area contributed by atoms with Crippen molar-refractivity contribution in [1.29, 1.82) is 0 Å². The van der Waals surface area contributed by atoms with E-state index in [0.29, 0.717) is 0 Å². The van der Waals surface area contributed by atoms with E-state index in [1.807, 2.05) is 19.9 Å². The van der Waals surface area contributed by atoms with E-state index in [1.165, 1.54) is 6.20 Å². The Labute approximate surface area is 205 Å². The smallest absolute Gasteiger partial charge is 0.290 e. The van der Waals surface area contributed by atoms with Crippen LogP contribution >= 0.6 is 0 Å². The first kappa shape index (κ1) is 27.6. The predicted octanol–water partition coefficient (Wildman–Crippen LogP) is 2.58. The van der Waals surface area contributed by atoms with Crippen molar-refractivity contribution >= 4 is 23.5 Å². The molecule has 2 atom stereocenters. The van der Waals surface area contributed by atoms with Crippen molar-refractivity contribution in [2.75, 3.05) is 0 Å². The molecule has 0 saturated heterocycles. The minimum absolute atomic E-state index is 0.0177. The summed E-state index contributed by atoms with van der Waals surface area (Å²) in [6.07, 6.45) is 2.53. The van der Waals surface area contributed by atoms with Crippen LogP contribution in [0.15, 0.2) is 48.8 Å². The van der Waals surface area contributed by atoms with Crippen LogP contribution in [0.5, 0.6) is 0 Å². The molecule has 1 aromatic carbocycles. The van der Waals surface area contributed by atoms with Crippen molar-refractivity contribution in [3.63, 3.8) is 0 Å². The maximum absolute atomic E-state index is 13.5. The number of pyridine rings is 1. The molecule has 188 valence electrons. The van der Waals surface area contributed by atoms with Crippen LogP contribution in [-0.4, -0.2) is 46.1 Å². The standard InChI is InChI=1S/C26H33FN4O4/c1-16(2)11-21(30-23(33)18-13-19(27)15-28-14-18)24(34)29-20(12-17-9-7-6-8-10-17)22(32)25(35)31-26(3,4)5/h6-10,13-16,20-21H,11-12H2,1-5H3,(H,29,34)(H,30,33)(H,31,35). The molecule has 0 saturated carbocycles. The lowest BCUT2D eigenvalue weighted by Crippen LogP contribution is -2.56. The number of benzene rings is 1. The summed E-state index contributed by atoms with van der Waals surface area (Å²) < 4.78 is 13.5. The topological polar surface area (TPSA) is 117 Å². The maximum Gasteiger partial charge on any atom is 0.290 e. The molecule has 8 nitrogen and oxygen atoms in total. The number of nitrogens with zero attached hydrogens (tertiary/aromatic N) is 1. The molecule has 2 unspecified atom stereocenters. The SMILES string of the molecule is CC(C)CC(NC(=O)c1cncc(F)c1)C(=O)NC(Cc1ccccc1)C(=O)C(=O)NC(C)(C)C. The Morgan fingerprint density at radius 3 is 2.20 bits per heavy atom. The lowest BCUT2D eigenvalue weighted by molar-refractivity contribution is -0.141. The van der Waals surface area contributed by atoms with Gasteiger partial charge in [-0.15, -0.1) is 0 Å². The van der Waals surface area contributed by atoms with Crippen molar-refractivity contribution < 1.29 is 23.6 Å². The summed E-state index contributed by atoms with van der Waals surface area (Å²) in [6.45, 7) is 8.99. The highest BCUT2D eigenvalue weighted by atomic mass is 19.1. The Morgan fingerprint density at radius 2 is 1.63 bits per heavy atom. The summed E-state index contributed by atoms with van der Waals surface area (Å²) in [4.78, 5) is 55.1. The van der Waals surface area contributed by atoms with Crippen LogP contribution < -0.4 is 16.0 Å². The molecule has 0 radical (unpaired) electrons. The zero-order valence-electron chi connectivity index (χ0n) is 20.7. The first-order valence-corrected chi connectivity index (χ1v) is 11.5. The number of amides is 3. The van der Waals surface area contributed by atoms with E-state index in [0.717, 1.165) is 17.8 Å². The van der Waals surface area contributed by atoms with Gasteiger partial charge < -0.3 is 16.0 Å². The van der Waals surface area contributed by atoms with Crippen molar-refractivity contribution in [3.8, 4) is 0 Å². The van der Waals surface area contributed by atoms with Crippen molar-refractivity contribution in [1.82, 2.24) is 20.9 Å². The molecule has 2 aromatic rings. The quantitative estimate of drug-likeness (QED) is 0.448. The number of carbonyl (C=O) groups excluding carboxylic acids is 4. The van der Waals surface area contributed by atoms with Crippen LogP contribution in [0.3, 0.4) is 0 Å². The van der Waals surface area contributed by atoms with E-state index in [4.69, 9.17) is 0 Å². The van der Waals surface area contributed by atoms with Crippen LogP contribution in [0.25, 0.3) is 0 Å². The maximum atomic E-state index is 13.5. The highest BCUT2D eigenvalue weighted by molar-refractivity contribution is 6.38. The number of rotatable bonds is 10. The number of Topliss-reactive ketones (excluding diaryl/α,β-unsaturated/α-hetero) is 1. The molecule has 0 aliphatic heterocycles. The Bertz CT molecular complexity index is 1050. The molecule has 3 N–H and O–H groups in total. The molecule has 2 rings (SSSR count). The zero-order chi connectivity index (χ0) is 26.2. The van der Waals surface area contributed by atoms with Gasteiger partial charge in [-0.2, -0.15) is 0 Å². The Morgan fingerprint density at radius 1 is 0.971 bits per heavy atom. The van der Waals surface area contributed by atoms with E-state index in [2.05, 4.69) is 20.9 Å². The molecule has 35 heavy (non-hydrogen) atoms. The zero-order valence-corrected chi connectivity index (χ0v) is 20.7. The fourth-order valence-electron chi connectivity index (χ4n) is 3.37. The molecule has 1 aromatic heterocycles. The van der Waals surface area contributed by atoms with E-state index in [-0.39, 0.29) is 24.3 Å². The lowest BCUT2D eigenvalue weighted by atomic mass is 9.98. The number of aromatic nitrogens is 1. The van der Waals surface area contributed by atoms with Gasteiger partial charge in [0.25, 0.3) is 11.8 Å². The molecular formula is C26H33FN4O4. The molecule has 9 heteroatoms. The summed E-state index contributed by atoms with van der Waals surface area (Å²) in [7, 11) is 0. The van der Waals surface area contributed by atoms with Gasteiger partial charge in [0.2, 0.25) is 11.7 Å². The van der Waals surface area contributed by atoms with Gasteiger partial charge in [-0.3, -0.25) is 24.2 Å². The second-order valence-corrected chi connectivity index (χ2v) is 9.87. The monoisotopic (exact) mass is 484 g/mol. The van der Waals surface area contributed by atoms with Crippen LogP contribution in [0, 0.1) is 11.7 Å². The van der Waals surface area contributed by atoms with Crippen LogP contribution in [0.1, 0.15) is 57.0 Å². The number of ketones is 1. The summed E-state index contributed by atoms with van der Waals surface area (Å²) in [5.74, 6) is -3.55. The van der Waals surface area contributed by atoms with E-state index >= 15 is 0 Å². The largest absolute Gasteiger partial charge is 0.345 e. The summed E-state index contributed by atoms with van der Waals surface area (Å²) in [6, 6.07) is 7.85. The first-order chi connectivity index (χ1) is 16.4. The number of hydrogen-bond donors (Lipinski definition) is 3. The first-order valence-electron chi connectivity index (χ1n) is 11.5. The van der Waals surface area contributed by atoms with Gasteiger partial charge in [0.15, 0.2) is 0 Å². The Hall–Kier alpha value is -3.62. The van der Waals surface area contributed by atoms with Gasteiger partial charge in [0.05, 0.1) is 11.8 Å². The Kier molecular flexibility index (Phi) is 9.62. The number of halogens is 1. The minimum atomic E-state index is -1.14. The third-order valence-electron chi connectivity index (χ3n) is 4.92.